The number of amides is 5. The lowest BCUT2D eigenvalue weighted by atomic mass is 9.57. The highest BCUT2D eigenvalue weighted by Gasteiger charge is 2.48. The summed E-state index contributed by atoms with van der Waals surface area (Å²) in [6, 6.07) is 10.9. The molecule has 5 amide bonds. The Morgan fingerprint density at radius 2 is 1.65 bits per heavy atom. The van der Waals surface area contributed by atoms with E-state index >= 15 is 0 Å². The number of likely N-dealkylation sites (tertiary alicyclic amines) is 1. The highest BCUT2D eigenvalue weighted by Crippen LogP contribution is 2.53. The summed E-state index contributed by atoms with van der Waals surface area (Å²) in [5.74, 6) is -1.82. The molecule has 4 fully saturated rings. The van der Waals surface area contributed by atoms with Gasteiger partial charge >= 0.3 is 6.18 Å². The Balaban J connectivity index is 0.748. The number of hydrogen-bond acceptors (Lipinski definition) is 10. The lowest BCUT2D eigenvalue weighted by Gasteiger charge is -2.53. The molecule has 2 aromatic carbocycles. The van der Waals surface area contributed by atoms with Crippen LogP contribution in [0.4, 0.5) is 24.5 Å². The number of nitrogens with zero attached hydrogens (tertiary/aromatic N) is 5. The molecule has 63 heavy (non-hydrogen) atoms. The van der Waals surface area contributed by atoms with Crippen LogP contribution in [0.25, 0.3) is 10.9 Å². The van der Waals surface area contributed by atoms with Gasteiger partial charge in [0.05, 0.1) is 28.3 Å². The Kier molecular flexibility index (Phi) is 10.9. The molecule has 4 aromatic rings. The fraction of sp³-hybridized carbons (Fsp3) is 0.500. The smallest absolute Gasteiger partial charge is 0.386 e. The molecule has 2 aromatic heterocycles. The lowest BCUT2D eigenvalue weighted by molar-refractivity contribution is -0.141. The Hall–Kier alpha value is -5.68. The summed E-state index contributed by atoms with van der Waals surface area (Å²) in [6.45, 7) is 7.03. The first-order valence-corrected chi connectivity index (χ1v) is 21.9. The van der Waals surface area contributed by atoms with Crippen molar-refractivity contribution < 1.29 is 42.3 Å². The highest BCUT2D eigenvalue weighted by atomic mass is 19.4. The number of anilines is 2. The third-order valence-electron chi connectivity index (χ3n) is 14.0. The van der Waals surface area contributed by atoms with E-state index in [-0.39, 0.29) is 35.8 Å². The first kappa shape index (κ1) is 42.6. The minimum Gasteiger partial charge on any atom is -0.386 e. The summed E-state index contributed by atoms with van der Waals surface area (Å²) >= 11 is 0. The number of piperidine rings is 2. The van der Waals surface area contributed by atoms with Gasteiger partial charge in [-0.2, -0.15) is 18.3 Å². The van der Waals surface area contributed by atoms with E-state index < -0.39 is 53.0 Å². The van der Waals surface area contributed by atoms with Gasteiger partial charge in [0.15, 0.2) is 0 Å². The number of fused-ring (bicyclic) bond motifs is 2. The van der Waals surface area contributed by atoms with Crippen LogP contribution < -0.4 is 16.0 Å². The van der Waals surface area contributed by atoms with Crippen molar-refractivity contribution in [1.82, 2.24) is 29.9 Å². The molecule has 332 valence electrons. The lowest BCUT2D eigenvalue weighted by Crippen LogP contribution is -2.54. The van der Waals surface area contributed by atoms with E-state index in [0.717, 1.165) is 93.4 Å². The van der Waals surface area contributed by atoms with Gasteiger partial charge in [0.1, 0.15) is 17.4 Å². The third kappa shape index (κ3) is 8.44. The molecular weight excluding hydrogens is 818 g/mol. The van der Waals surface area contributed by atoms with Crippen molar-refractivity contribution in [2.45, 2.75) is 102 Å². The second-order valence-corrected chi connectivity index (χ2v) is 18.8. The molecule has 5 aliphatic rings. The van der Waals surface area contributed by atoms with E-state index in [4.69, 9.17) is 5.10 Å². The van der Waals surface area contributed by atoms with Gasteiger partial charge in [0, 0.05) is 48.0 Å². The topological polar surface area (TPSA) is 179 Å². The van der Waals surface area contributed by atoms with Gasteiger partial charge in [-0.05, 0) is 138 Å². The Morgan fingerprint density at radius 3 is 2.35 bits per heavy atom. The Bertz CT molecular complexity index is 2490. The first-order valence-electron chi connectivity index (χ1n) is 21.9. The van der Waals surface area contributed by atoms with E-state index in [9.17, 15) is 42.3 Å². The van der Waals surface area contributed by atoms with E-state index in [1.165, 1.54) is 6.07 Å². The van der Waals surface area contributed by atoms with E-state index in [1.54, 1.807) is 44.2 Å². The number of alkyl halides is 3. The average molecular weight is 869 g/mol. The molecule has 1 unspecified atom stereocenters. The van der Waals surface area contributed by atoms with Crippen LogP contribution in [0.3, 0.4) is 0 Å². The number of pyridine rings is 1. The predicted octanol–water partition coefficient (Wildman–Crippen LogP) is 6.67. The normalized spacial score (nSPS) is 23.2. The molecule has 2 saturated heterocycles. The fourth-order valence-corrected chi connectivity index (χ4v) is 10.6. The van der Waals surface area contributed by atoms with Gasteiger partial charge in [-0.15, -0.1) is 0 Å². The van der Waals surface area contributed by atoms with Crippen molar-refractivity contribution in [1.29, 1.82) is 0 Å². The quantitative estimate of drug-likeness (QED) is 0.126. The zero-order valence-electron chi connectivity index (χ0n) is 35.3. The van der Waals surface area contributed by atoms with E-state index in [0.29, 0.717) is 46.1 Å². The Morgan fingerprint density at radius 1 is 0.921 bits per heavy atom. The molecule has 1 spiro atoms. The van der Waals surface area contributed by atoms with Crippen LogP contribution >= 0.6 is 0 Å². The van der Waals surface area contributed by atoms with Gasteiger partial charge in [-0.3, -0.25) is 38.9 Å². The van der Waals surface area contributed by atoms with Crippen LogP contribution in [0.2, 0.25) is 0 Å². The van der Waals surface area contributed by atoms with Crippen LogP contribution in [-0.4, -0.2) is 91.4 Å². The molecule has 1 atom stereocenters. The summed E-state index contributed by atoms with van der Waals surface area (Å²) in [5, 5.41) is 25.0. The fourth-order valence-electron chi connectivity index (χ4n) is 10.6. The minimum absolute atomic E-state index is 0.0754. The molecule has 17 heteroatoms. The van der Waals surface area contributed by atoms with Gasteiger partial charge < -0.3 is 20.6 Å². The summed E-state index contributed by atoms with van der Waals surface area (Å²) in [7, 11) is 0. The number of carbonyl (C=O) groups excluding carboxylic acids is 5. The average Bonchev–Trinajstić information content (AvgIpc) is 3.76. The number of carbonyl (C=O) groups is 5. The van der Waals surface area contributed by atoms with Gasteiger partial charge in [0.25, 0.3) is 17.7 Å². The van der Waals surface area contributed by atoms with E-state index in [2.05, 4.69) is 25.8 Å². The molecule has 4 N–H and O–H groups in total. The number of hydrogen-bond donors (Lipinski definition) is 4. The second kappa shape index (κ2) is 16.1. The van der Waals surface area contributed by atoms with Crippen LogP contribution in [0.5, 0.6) is 0 Å². The number of nitrogens with one attached hydrogen (secondary N) is 3. The largest absolute Gasteiger partial charge is 0.433 e. The molecule has 2 aliphatic carbocycles. The van der Waals surface area contributed by atoms with Crippen molar-refractivity contribution in [3.8, 4) is 0 Å². The maximum Gasteiger partial charge on any atom is 0.433 e. The molecule has 9 rings (SSSR count). The molecule has 2 saturated carbocycles. The number of aromatic nitrogens is 3. The molecule has 0 radical (unpaired) electrons. The SMILES string of the molecule is CC(C)(O)c1cc2nn(C3CCC(CN4CCC5(CC4)CC(CNc4cccc6c4C(=O)N(C4CCC(=O)NC4=O)C6=O)C5)CC3)cc2cc1NC(=O)c1cccc(C(F)(F)F)n1. The van der Waals surface area contributed by atoms with Gasteiger partial charge in [-0.25, -0.2) is 4.98 Å². The summed E-state index contributed by atoms with van der Waals surface area (Å²) in [4.78, 5) is 71.1. The summed E-state index contributed by atoms with van der Waals surface area (Å²) < 4.78 is 41.8. The third-order valence-corrected chi connectivity index (χ3v) is 14.0. The number of imide groups is 2. The van der Waals surface area contributed by atoms with Crippen LogP contribution in [0.1, 0.15) is 127 Å². The van der Waals surface area contributed by atoms with Crippen molar-refractivity contribution >= 4 is 51.8 Å². The molecule has 0 bridgehead atoms. The zero-order valence-corrected chi connectivity index (χ0v) is 35.3. The molecule has 3 aliphatic heterocycles. The highest BCUT2D eigenvalue weighted by molar-refractivity contribution is 6.25. The van der Waals surface area contributed by atoms with Crippen molar-refractivity contribution in [2.75, 3.05) is 36.8 Å². The van der Waals surface area contributed by atoms with Crippen LogP contribution in [0.15, 0.2) is 54.7 Å². The van der Waals surface area contributed by atoms with Gasteiger partial charge in [-0.1, -0.05) is 12.1 Å². The van der Waals surface area contributed by atoms with Gasteiger partial charge in [0.2, 0.25) is 11.8 Å². The maximum absolute atomic E-state index is 13.5. The minimum atomic E-state index is -4.70. The standard InChI is InChI=1S/C46H51F3N8O6/c1-44(2,63)31-20-34-28(19-35(31)52-40(59)33-7-4-8-37(51-33)46(47,48)49)25-56(54-34)29-11-9-26(10-12-29)24-55-17-15-45(16-18-55)21-27(22-45)23-50-32-6-3-5-30-39(32)43(62)57(42(30)61)36-13-14-38(58)53-41(36)60/h3-8,19-20,25-27,29,36,50,63H,9-18,21-24H2,1-2H3,(H,52,59)(H,53,58,60). The van der Waals surface area contributed by atoms with Crippen molar-refractivity contribution in [3.05, 3.63) is 82.8 Å². The van der Waals surface area contributed by atoms with E-state index in [1.807, 2.05) is 10.9 Å². The van der Waals surface area contributed by atoms with Crippen LogP contribution in [-0.2, 0) is 21.4 Å². The number of rotatable bonds is 10. The number of halogens is 3. The van der Waals surface area contributed by atoms with Crippen LogP contribution in [0, 0.1) is 17.3 Å². The Labute approximate surface area is 362 Å². The first-order chi connectivity index (χ1) is 29.9. The summed E-state index contributed by atoms with van der Waals surface area (Å²) in [6.07, 6.45) is 6.02. The molecule has 5 heterocycles. The maximum atomic E-state index is 13.5. The summed E-state index contributed by atoms with van der Waals surface area (Å²) in [5.41, 5.74) is -0.138. The monoisotopic (exact) mass is 868 g/mol. The van der Waals surface area contributed by atoms with Crippen molar-refractivity contribution in [2.24, 2.45) is 17.3 Å². The second-order valence-electron chi connectivity index (χ2n) is 18.8. The number of aliphatic hydroxyl groups is 1. The zero-order chi connectivity index (χ0) is 44.4. The molecule has 14 nitrogen and oxygen atoms in total. The van der Waals surface area contributed by atoms with Crippen molar-refractivity contribution in [3.63, 3.8) is 0 Å². The number of benzene rings is 2. The molecular formula is C46H51F3N8O6. The predicted molar refractivity (Wildman–Crippen MR) is 226 cm³/mol.